The smallest absolute Gasteiger partial charge is 0.430 e. The van der Waals surface area contributed by atoms with E-state index < -0.39 is 74.1 Å². The first-order valence-corrected chi connectivity index (χ1v) is 14.3. The summed E-state index contributed by atoms with van der Waals surface area (Å²) in [5.41, 5.74) is -1.96. The molecular weight excluding hydrogens is 600 g/mol. The number of ether oxygens (including phenoxy) is 2. The van der Waals surface area contributed by atoms with Crippen molar-refractivity contribution in [3.63, 3.8) is 0 Å². The molecule has 2 amide bonds. The van der Waals surface area contributed by atoms with Crippen LogP contribution in [0.15, 0.2) is 39.8 Å². The number of carbonyl (C=O) groups excluding carboxylic acids is 2. The first-order valence-electron chi connectivity index (χ1n) is 12.9. The standard InChI is InChI=1S/C27H28F4N4O7S/c1-15-10-23(33-42-15)35(26(37)41-27(2,3)4)43(38,39)24-21(30)11-16(12-22(24)31)32-25(36)40-14-18-17(13-34-8-5-9-34)19(28)6-7-20(18)29/h6-7,10-12H,5,8-9,13-14H2,1-4H3,(H,32,36). The summed E-state index contributed by atoms with van der Waals surface area (Å²) in [5.74, 6) is -5.39. The number of sulfonamides is 1. The average Bonchev–Trinajstić information content (AvgIpc) is 3.25. The molecule has 3 aromatic rings. The van der Waals surface area contributed by atoms with E-state index in [1.807, 2.05) is 10.2 Å². The van der Waals surface area contributed by atoms with Crippen LogP contribution in [0.25, 0.3) is 0 Å². The van der Waals surface area contributed by atoms with Gasteiger partial charge in [0.25, 0.3) is 10.0 Å². The normalized spacial score (nSPS) is 13.8. The topological polar surface area (TPSA) is 131 Å². The van der Waals surface area contributed by atoms with Crippen molar-refractivity contribution in [3.8, 4) is 0 Å². The van der Waals surface area contributed by atoms with Crippen LogP contribution in [0, 0.1) is 30.2 Å². The molecule has 0 bridgehead atoms. The first kappa shape index (κ1) is 31.7. The molecule has 43 heavy (non-hydrogen) atoms. The second kappa shape index (κ2) is 12.2. The SMILES string of the molecule is Cc1cc(N(C(=O)OC(C)(C)C)S(=O)(=O)c2c(F)cc(NC(=O)OCc3c(F)ccc(F)c3CN3CCC3)cc2F)no1. The van der Waals surface area contributed by atoms with Crippen LogP contribution in [-0.4, -0.2) is 49.4 Å². The number of nitrogens with zero attached hydrogens (tertiary/aromatic N) is 3. The van der Waals surface area contributed by atoms with Crippen molar-refractivity contribution in [3.05, 3.63) is 70.5 Å². The monoisotopic (exact) mass is 628 g/mol. The summed E-state index contributed by atoms with van der Waals surface area (Å²) < 4.78 is 101. The van der Waals surface area contributed by atoms with Gasteiger partial charge in [0.05, 0.1) is 0 Å². The number of hydrogen-bond donors (Lipinski definition) is 1. The van der Waals surface area contributed by atoms with Gasteiger partial charge >= 0.3 is 12.2 Å². The van der Waals surface area contributed by atoms with Crippen LogP contribution < -0.4 is 9.62 Å². The van der Waals surface area contributed by atoms with Crippen LogP contribution >= 0.6 is 0 Å². The Labute approximate surface area is 244 Å². The summed E-state index contributed by atoms with van der Waals surface area (Å²) in [6.07, 6.45) is -1.89. The molecule has 0 atom stereocenters. The van der Waals surface area contributed by atoms with Gasteiger partial charge in [0.15, 0.2) is 10.7 Å². The number of amides is 2. The number of benzene rings is 2. The number of rotatable bonds is 8. The molecule has 0 aliphatic carbocycles. The summed E-state index contributed by atoms with van der Waals surface area (Å²) in [4.78, 5) is 25.6. The molecule has 4 rings (SSSR count). The van der Waals surface area contributed by atoms with E-state index in [4.69, 9.17) is 14.0 Å². The summed E-state index contributed by atoms with van der Waals surface area (Å²) in [6, 6.07) is 3.83. The van der Waals surface area contributed by atoms with Gasteiger partial charge in [-0.2, -0.15) is 0 Å². The largest absolute Gasteiger partial charge is 0.444 e. The zero-order valence-electron chi connectivity index (χ0n) is 23.5. The van der Waals surface area contributed by atoms with E-state index in [1.165, 1.54) is 27.7 Å². The van der Waals surface area contributed by atoms with Crippen molar-refractivity contribution in [1.29, 1.82) is 0 Å². The highest BCUT2D eigenvalue weighted by molar-refractivity contribution is 7.93. The number of anilines is 2. The van der Waals surface area contributed by atoms with Crippen LogP contribution in [0.1, 0.15) is 44.1 Å². The Kier molecular flexibility index (Phi) is 9.01. The number of aromatic nitrogens is 1. The van der Waals surface area contributed by atoms with Crippen LogP contribution in [0.2, 0.25) is 0 Å². The molecule has 0 unspecified atom stereocenters. The van der Waals surface area contributed by atoms with Gasteiger partial charge in [0.2, 0.25) is 0 Å². The number of likely N-dealkylation sites (tertiary alicyclic amines) is 1. The van der Waals surface area contributed by atoms with E-state index in [2.05, 4.69) is 5.16 Å². The number of nitrogens with one attached hydrogen (secondary N) is 1. The Hall–Kier alpha value is -4.18. The molecule has 1 aromatic heterocycles. The van der Waals surface area contributed by atoms with Gasteiger partial charge in [-0.15, -0.1) is 4.31 Å². The van der Waals surface area contributed by atoms with Crippen LogP contribution in [-0.2, 0) is 32.6 Å². The van der Waals surface area contributed by atoms with Gasteiger partial charge in [-0.25, -0.2) is 35.6 Å². The highest BCUT2D eigenvalue weighted by Crippen LogP contribution is 2.31. The van der Waals surface area contributed by atoms with Crippen LogP contribution in [0.5, 0.6) is 0 Å². The zero-order valence-corrected chi connectivity index (χ0v) is 24.4. The predicted octanol–water partition coefficient (Wildman–Crippen LogP) is 5.62. The highest BCUT2D eigenvalue weighted by atomic mass is 32.2. The van der Waals surface area contributed by atoms with E-state index in [9.17, 15) is 26.8 Å². The average molecular weight is 629 g/mol. The lowest BCUT2D eigenvalue weighted by atomic mass is 10.0. The number of hydrogen-bond acceptors (Lipinski definition) is 9. The Morgan fingerprint density at radius 2 is 1.63 bits per heavy atom. The van der Waals surface area contributed by atoms with E-state index in [0.29, 0.717) is 25.2 Å². The van der Waals surface area contributed by atoms with Crippen molar-refractivity contribution < 1.29 is 49.6 Å². The minimum absolute atomic E-state index is 0.0102. The molecule has 1 N–H and O–H groups in total. The molecule has 0 radical (unpaired) electrons. The van der Waals surface area contributed by atoms with Gasteiger partial charge in [-0.05, 0) is 71.5 Å². The predicted molar refractivity (Wildman–Crippen MR) is 144 cm³/mol. The molecule has 232 valence electrons. The second-order valence-electron chi connectivity index (χ2n) is 10.6. The molecule has 1 aliphatic heterocycles. The molecule has 2 aromatic carbocycles. The van der Waals surface area contributed by atoms with Crippen LogP contribution in [0.3, 0.4) is 0 Å². The second-order valence-corrected chi connectivity index (χ2v) is 12.4. The van der Waals surface area contributed by atoms with Gasteiger partial charge < -0.3 is 14.0 Å². The maximum Gasteiger partial charge on any atom is 0.430 e. The first-order chi connectivity index (χ1) is 20.1. The van der Waals surface area contributed by atoms with Gasteiger partial charge in [0, 0.05) is 29.4 Å². The lowest BCUT2D eigenvalue weighted by Crippen LogP contribution is -2.41. The maximum atomic E-state index is 15.2. The molecular formula is C27H28F4N4O7S. The summed E-state index contributed by atoms with van der Waals surface area (Å²) >= 11 is 0. The van der Waals surface area contributed by atoms with Crippen molar-refractivity contribution in [2.75, 3.05) is 22.7 Å². The number of carbonyl (C=O) groups is 2. The fourth-order valence-electron chi connectivity index (χ4n) is 4.05. The van der Waals surface area contributed by atoms with Crippen molar-refractivity contribution in [2.45, 2.75) is 57.8 Å². The number of halogens is 4. The van der Waals surface area contributed by atoms with Gasteiger partial charge in [-0.3, -0.25) is 10.2 Å². The molecule has 16 heteroatoms. The Balaban J connectivity index is 1.55. The van der Waals surface area contributed by atoms with Crippen molar-refractivity contribution in [1.82, 2.24) is 10.1 Å². The third kappa shape index (κ3) is 7.25. The molecule has 1 saturated heterocycles. The molecule has 1 fully saturated rings. The summed E-state index contributed by atoms with van der Waals surface area (Å²) in [7, 11) is -5.33. The molecule has 0 saturated carbocycles. The Morgan fingerprint density at radius 3 is 2.14 bits per heavy atom. The fourth-order valence-corrected chi connectivity index (χ4v) is 5.41. The lowest BCUT2D eigenvalue weighted by molar-refractivity contribution is 0.0607. The van der Waals surface area contributed by atoms with E-state index in [1.54, 1.807) is 0 Å². The third-order valence-corrected chi connectivity index (χ3v) is 7.84. The van der Waals surface area contributed by atoms with Crippen LogP contribution in [0.4, 0.5) is 38.7 Å². The lowest BCUT2D eigenvalue weighted by Gasteiger charge is -2.31. The van der Waals surface area contributed by atoms with Gasteiger partial charge in [-0.1, -0.05) is 5.16 Å². The Bertz CT molecular complexity index is 1630. The molecule has 2 heterocycles. The van der Waals surface area contributed by atoms with Crippen molar-refractivity contribution in [2.24, 2.45) is 0 Å². The molecule has 1 aliphatic rings. The maximum absolute atomic E-state index is 15.2. The van der Waals surface area contributed by atoms with E-state index >= 15 is 8.78 Å². The minimum atomic E-state index is -5.33. The highest BCUT2D eigenvalue weighted by Gasteiger charge is 2.40. The summed E-state index contributed by atoms with van der Waals surface area (Å²) in [5, 5.41) is 5.47. The van der Waals surface area contributed by atoms with Crippen molar-refractivity contribution >= 4 is 33.7 Å². The van der Waals surface area contributed by atoms with Gasteiger partial charge in [0.1, 0.15) is 41.2 Å². The third-order valence-electron chi connectivity index (χ3n) is 6.12. The zero-order chi connectivity index (χ0) is 31.7. The molecule has 0 spiro atoms. The summed E-state index contributed by atoms with van der Waals surface area (Å²) in [6.45, 7) is 6.54. The Morgan fingerprint density at radius 1 is 1.02 bits per heavy atom. The van der Waals surface area contributed by atoms with E-state index in [0.717, 1.165) is 24.6 Å². The quantitative estimate of drug-likeness (QED) is 0.316. The fraction of sp³-hybridized carbons (Fsp3) is 0.370. The van der Waals surface area contributed by atoms with E-state index in [-0.39, 0.29) is 27.7 Å². The molecule has 11 nitrogen and oxygen atoms in total. The minimum Gasteiger partial charge on any atom is -0.444 e. The number of aryl methyl sites for hydroxylation is 1.